The fourth-order valence-electron chi connectivity index (χ4n) is 3.35. The van der Waals surface area contributed by atoms with Gasteiger partial charge in [0.25, 0.3) is 0 Å². The minimum absolute atomic E-state index is 0.249. The van der Waals surface area contributed by atoms with Crippen LogP contribution in [0.5, 0.6) is 5.75 Å². The normalized spacial score (nSPS) is 12.0. The van der Waals surface area contributed by atoms with Crippen LogP contribution < -0.4 is 4.74 Å². The van der Waals surface area contributed by atoms with Gasteiger partial charge in [0.2, 0.25) is 10.0 Å². The molecule has 0 spiro atoms. The summed E-state index contributed by atoms with van der Waals surface area (Å²) >= 11 is 1.62. The highest BCUT2D eigenvalue weighted by Gasteiger charge is 2.20. The van der Waals surface area contributed by atoms with Crippen LogP contribution in [-0.4, -0.2) is 31.1 Å². The molecule has 0 aliphatic heterocycles. The molecule has 0 aliphatic carbocycles. The SMILES string of the molecule is COc1cc(CN(Cc2cc3cc(C)ccc3s2)S(C)(=O)=O)ccc1-c1cnco1. The van der Waals surface area contributed by atoms with Crippen molar-refractivity contribution < 1.29 is 17.6 Å². The van der Waals surface area contributed by atoms with Gasteiger partial charge < -0.3 is 9.15 Å². The van der Waals surface area contributed by atoms with Crippen LogP contribution >= 0.6 is 11.3 Å². The number of hydrogen-bond donors (Lipinski definition) is 0. The first kappa shape index (κ1) is 20.6. The van der Waals surface area contributed by atoms with Crippen LogP contribution in [0.4, 0.5) is 0 Å². The smallest absolute Gasteiger partial charge is 0.211 e. The van der Waals surface area contributed by atoms with E-state index < -0.39 is 10.0 Å². The van der Waals surface area contributed by atoms with Crippen LogP contribution in [0.2, 0.25) is 0 Å². The Kier molecular flexibility index (Phi) is 5.64. The summed E-state index contributed by atoms with van der Waals surface area (Å²) in [5, 5.41) is 1.14. The molecule has 30 heavy (non-hydrogen) atoms. The molecule has 2 heterocycles. The lowest BCUT2D eigenvalue weighted by Crippen LogP contribution is -2.28. The molecule has 4 aromatic rings. The molecule has 2 aromatic carbocycles. The molecular weight excluding hydrogens is 420 g/mol. The topological polar surface area (TPSA) is 72.6 Å². The van der Waals surface area contributed by atoms with Crippen molar-refractivity contribution in [2.45, 2.75) is 20.0 Å². The number of ether oxygens (including phenoxy) is 1. The average Bonchev–Trinajstić information content (AvgIpc) is 3.36. The second-order valence-corrected chi connectivity index (χ2v) is 10.3. The van der Waals surface area contributed by atoms with E-state index in [9.17, 15) is 8.42 Å². The molecular formula is C22H22N2O4S2. The van der Waals surface area contributed by atoms with Crippen molar-refractivity contribution in [2.24, 2.45) is 0 Å². The molecule has 0 radical (unpaired) electrons. The Morgan fingerprint density at radius 2 is 1.97 bits per heavy atom. The van der Waals surface area contributed by atoms with Crippen LogP contribution in [0.15, 0.2) is 59.5 Å². The Morgan fingerprint density at radius 3 is 2.67 bits per heavy atom. The van der Waals surface area contributed by atoms with E-state index in [4.69, 9.17) is 9.15 Å². The lowest BCUT2D eigenvalue weighted by molar-refractivity contribution is 0.400. The van der Waals surface area contributed by atoms with Crippen molar-refractivity contribution in [3.63, 3.8) is 0 Å². The molecule has 0 fully saturated rings. The zero-order chi connectivity index (χ0) is 21.3. The summed E-state index contributed by atoms with van der Waals surface area (Å²) < 4.78 is 38.5. The number of oxazole rings is 1. The number of hydrogen-bond acceptors (Lipinski definition) is 6. The molecule has 0 atom stereocenters. The average molecular weight is 443 g/mol. The molecule has 8 heteroatoms. The van der Waals surface area contributed by atoms with E-state index in [2.05, 4.69) is 36.2 Å². The van der Waals surface area contributed by atoms with Crippen molar-refractivity contribution in [3.05, 3.63) is 71.1 Å². The van der Waals surface area contributed by atoms with Crippen LogP contribution in [0.1, 0.15) is 16.0 Å². The molecule has 6 nitrogen and oxygen atoms in total. The third-order valence-electron chi connectivity index (χ3n) is 4.85. The van der Waals surface area contributed by atoms with Gasteiger partial charge in [-0.3, -0.25) is 0 Å². The first-order valence-electron chi connectivity index (χ1n) is 9.33. The van der Waals surface area contributed by atoms with Crippen LogP contribution in [0, 0.1) is 6.92 Å². The highest BCUT2D eigenvalue weighted by molar-refractivity contribution is 7.88. The van der Waals surface area contributed by atoms with Crippen LogP contribution in [0.25, 0.3) is 21.4 Å². The van der Waals surface area contributed by atoms with E-state index in [0.29, 0.717) is 18.1 Å². The summed E-state index contributed by atoms with van der Waals surface area (Å²) in [5.41, 5.74) is 2.78. The maximum Gasteiger partial charge on any atom is 0.211 e. The second-order valence-electron chi connectivity index (χ2n) is 7.19. The molecule has 4 rings (SSSR count). The van der Waals surface area contributed by atoms with Gasteiger partial charge >= 0.3 is 0 Å². The van der Waals surface area contributed by atoms with Gasteiger partial charge in [-0.2, -0.15) is 4.31 Å². The van der Waals surface area contributed by atoms with Crippen molar-refractivity contribution in [2.75, 3.05) is 13.4 Å². The number of fused-ring (bicyclic) bond motifs is 1. The fraction of sp³-hybridized carbons (Fsp3) is 0.227. The minimum Gasteiger partial charge on any atom is -0.496 e. The standard InChI is InChI=1S/C22H22N2O4S2/c1-15-4-7-22-17(8-15)10-18(29-22)13-24(30(3,25)26)12-16-5-6-19(20(9-16)27-2)21-11-23-14-28-21/h4-11,14H,12-13H2,1-3H3. The molecule has 0 bridgehead atoms. The van der Waals surface area contributed by atoms with Gasteiger partial charge in [-0.25, -0.2) is 13.4 Å². The number of sulfonamides is 1. The molecule has 0 saturated heterocycles. The maximum absolute atomic E-state index is 12.5. The molecule has 0 aliphatic rings. The van der Waals surface area contributed by atoms with Crippen LogP contribution in [-0.2, 0) is 23.1 Å². The quantitative estimate of drug-likeness (QED) is 0.410. The van der Waals surface area contributed by atoms with Gasteiger partial charge in [-0.05, 0) is 42.1 Å². The molecule has 0 N–H and O–H groups in total. The fourth-order valence-corrected chi connectivity index (χ4v) is 5.25. The van der Waals surface area contributed by atoms with Gasteiger partial charge in [0.15, 0.2) is 12.2 Å². The largest absolute Gasteiger partial charge is 0.496 e. The predicted molar refractivity (Wildman–Crippen MR) is 119 cm³/mol. The predicted octanol–water partition coefficient (Wildman–Crippen LogP) is 4.84. The number of nitrogens with zero attached hydrogens (tertiary/aromatic N) is 2. The highest BCUT2D eigenvalue weighted by Crippen LogP contribution is 2.32. The Hall–Kier alpha value is -2.68. The van der Waals surface area contributed by atoms with Crippen molar-refractivity contribution in [3.8, 4) is 17.1 Å². The molecule has 2 aromatic heterocycles. The number of thiophene rings is 1. The zero-order valence-electron chi connectivity index (χ0n) is 17.0. The monoisotopic (exact) mass is 442 g/mol. The summed E-state index contributed by atoms with van der Waals surface area (Å²) in [6.07, 6.45) is 4.22. The molecule has 156 valence electrons. The summed E-state index contributed by atoms with van der Waals surface area (Å²) in [6, 6.07) is 13.9. The maximum atomic E-state index is 12.5. The van der Waals surface area contributed by atoms with E-state index in [-0.39, 0.29) is 6.54 Å². The summed E-state index contributed by atoms with van der Waals surface area (Å²) in [7, 11) is -1.83. The van der Waals surface area contributed by atoms with Crippen molar-refractivity contribution in [1.29, 1.82) is 0 Å². The lowest BCUT2D eigenvalue weighted by Gasteiger charge is -2.20. The van der Waals surface area contributed by atoms with Gasteiger partial charge in [0.1, 0.15) is 5.75 Å². The third-order valence-corrected chi connectivity index (χ3v) is 7.14. The highest BCUT2D eigenvalue weighted by atomic mass is 32.2. The summed E-state index contributed by atoms with van der Waals surface area (Å²) in [5.74, 6) is 1.20. The van der Waals surface area contributed by atoms with Gasteiger partial charge in [0.05, 0.1) is 25.1 Å². The number of aromatic nitrogens is 1. The minimum atomic E-state index is -3.41. The van der Waals surface area contributed by atoms with E-state index in [0.717, 1.165) is 26.1 Å². The van der Waals surface area contributed by atoms with Gasteiger partial charge in [0, 0.05) is 22.7 Å². The molecule has 0 saturated carbocycles. The first-order valence-corrected chi connectivity index (χ1v) is 12.0. The molecule has 0 unspecified atom stereocenters. The third kappa shape index (κ3) is 4.40. The van der Waals surface area contributed by atoms with E-state index in [1.807, 2.05) is 18.2 Å². The number of rotatable bonds is 7. The Balaban J connectivity index is 1.61. The van der Waals surface area contributed by atoms with Gasteiger partial charge in [-0.15, -0.1) is 11.3 Å². The van der Waals surface area contributed by atoms with E-state index in [1.165, 1.54) is 22.5 Å². The van der Waals surface area contributed by atoms with E-state index in [1.54, 1.807) is 24.6 Å². The Morgan fingerprint density at radius 1 is 1.13 bits per heavy atom. The second kappa shape index (κ2) is 8.22. The number of benzene rings is 2. The van der Waals surface area contributed by atoms with Crippen LogP contribution in [0.3, 0.4) is 0 Å². The number of methoxy groups -OCH3 is 1. The zero-order valence-corrected chi connectivity index (χ0v) is 18.6. The van der Waals surface area contributed by atoms with Crippen molar-refractivity contribution >= 4 is 31.4 Å². The van der Waals surface area contributed by atoms with Crippen molar-refractivity contribution in [1.82, 2.24) is 9.29 Å². The van der Waals surface area contributed by atoms with Gasteiger partial charge in [-0.1, -0.05) is 23.8 Å². The number of aryl methyl sites for hydroxylation is 1. The Bertz CT molecular complexity index is 1280. The lowest BCUT2D eigenvalue weighted by atomic mass is 10.1. The first-order chi connectivity index (χ1) is 14.3. The Labute approximate surface area is 179 Å². The summed E-state index contributed by atoms with van der Waals surface area (Å²) in [4.78, 5) is 4.94. The molecule has 0 amide bonds. The van der Waals surface area contributed by atoms with E-state index >= 15 is 0 Å². The summed E-state index contributed by atoms with van der Waals surface area (Å²) in [6.45, 7) is 2.62.